The standard InChI is InChI=1S/C26H29N5O4/c32-23-10-9-17(15-25(34)35)19-5-1-4-8-22(19)31(23)16-24(33)30-13-11-18(12-14-30)27-26-28-20-6-2-3-7-21(20)29-26/h1-4,6-8,18H,5,9-16H2,(H,34,35)(H2,27,28,29). The molecule has 35 heavy (non-hydrogen) atoms. The summed E-state index contributed by atoms with van der Waals surface area (Å²) in [6, 6.07) is 8.08. The Labute approximate surface area is 203 Å². The Balaban J connectivity index is 1.22. The molecule has 0 radical (unpaired) electrons. The maximum Gasteiger partial charge on any atom is 0.307 e. The third-order valence-electron chi connectivity index (χ3n) is 6.92. The Bertz CT molecular complexity index is 1220. The molecule has 182 valence electrons. The van der Waals surface area contributed by atoms with E-state index in [0.29, 0.717) is 31.6 Å². The molecule has 0 spiro atoms. The minimum absolute atomic E-state index is 0.0238. The van der Waals surface area contributed by atoms with Crippen LogP contribution in [0.3, 0.4) is 0 Å². The van der Waals surface area contributed by atoms with Crippen LogP contribution in [0.1, 0.15) is 38.5 Å². The van der Waals surface area contributed by atoms with Gasteiger partial charge in [-0.2, -0.15) is 0 Å². The molecule has 0 bridgehead atoms. The first-order chi connectivity index (χ1) is 17.0. The van der Waals surface area contributed by atoms with Crippen molar-refractivity contribution in [3.8, 4) is 0 Å². The number of amides is 2. The number of aromatic amines is 1. The summed E-state index contributed by atoms with van der Waals surface area (Å²) in [7, 11) is 0. The van der Waals surface area contributed by atoms with Crippen LogP contribution in [-0.4, -0.2) is 68.3 Å². The van der Waals surface area contributed by atoms with Gasteiger partial charge in [0.15, 0.2) is 0 Å². The minimum Gasteiger partial charge on any atom is -0.481 e. The van der Waals surface area contributed by atoms with Crippen molar-refractivity contribution in [3.63, 3.8) is 0 Å². The van der Waals surface area contributed by atoms with Crippen LogP contribution in [-0.2, 0) is 14.4 Å². The van der Waals surface area contributed by atoms with E-state index in [4.69, 9.17) is 0 Å². The monoisotopic (exact) mass is 475 g/mol. The third kappa shape index (κ3) is 4.99. The SMILES string of the molecule is O=C(O)CC1=C2CC=CC=C2N(CC(=O)N2CCC(Nc3nc4ccccc4[nH]3)CC2)C(=O)CC1. The highest BCUT2D eigenvalue weighted by Gasteiger charge is 2.32. The highest BCUT2D eigenvalue weighted by molar-refractivity contribution is 5.88. The number of carbonyl (C=O) groups excluding carboxylic acids is 2. The molecule has 0 atom stereocenters. The second-order valence-electron chi connectivity index (χ2n) is 9.22. The number of H-pyrrole nitrogens is 1. The zero-order valence-electron chi connectivity index (χ0n) is 19.5. The summed E-state index contributed by atoms with van der Waals surface area (Å²) in [5.41, 5.74) is 4.20. The molecule has 2 aromatic rings. The zero-order valence-corrected chi connectivity index (χ0v) is 19.5. The normalized spacial score (nSPS) is 19.0. The minimum atomic E-state index is -0.905. The van der Waals surface area contributed by atoms with E-state index in [1.54, 1.807) is 4.90 Å². The number of anilines is 1. The molecule has 9 heteroatoms. The maximum atomic E-state index is 13.2. The van der Waals surface area contributed by atoms with Crippen LogP contribution in [0.25, 0.3) is 11.0 Å². The fourth-order valence-corrected chi connectivity index (χ4v) is 5.08. The Hall–Kier alpha value is -3.88. The Morgan fingerprint density at radius 2 is 1.97 bits per heavy atom. The number of imidazole rings is 1. The number of nitrogens with one attached hydrogen (secondary N) is 2. The van der Waals surface area contributed by atoms with Crippen molar-refractivity contribution >= 4 is 34.8 Å². The van der Waals surface area contributed by atoms with Crippen molar-refractivity contribution in [2.75, 3.05) is 25.0 Å². The second-order valence-corrected chi connectivity index (χ2v) is 9.22. The predicted molar refractivity (Wildman–Crippen MR) is 131 cm³/mol. The number of rotatable bonds is 6. The number of carbonyl (C=O) groups is 3. The summed E-state index contributed by atoms with van der Waals surface area (Å²) in [5.74, 6) is -0.395. The number of benzene rings is 1. The fraction of sp³-hybridized carbons (Fsp3) is 0.385. The molecule has 0 saturated carbocycles. The Morgan fingerprint density at radius 3 is 2.74 bits per heavy atom. The van der Waals surface area contributed by atoms with Gasteiger partial charge >= 0.3 is 5.97 Å². The van der Waals surface area contributed by atoms with Crippen molar-refractivity contribution in [1.29, 1.82) is 0 Å². The van der Waals surface area contributed by atoms with Crippen LogP contribution in [0, 0.1) is 0 Å². The molecule has 1 aliphatic carbocycles. The number of allylic oxidation sites excluding steroid dienone is 4. The van der Waals surface area contributed by atoms with E-state index in [1.807, 2.05) is 47.4 Å². The van der Waals surface area contributed by atoms with E-state index in [2.05, 4.69) is 15.3 Å². The summed E-state index contributed by atoms with van der Waals surface area (Å²) in [6.45, 7) is 1.18. The first-order valence-corrected chi connectivity index (χ1v) is 12.1. The van der Waals surface area contributed by atoms with Gasteiger partial charge in [0, 0.05) is 31.2 Å². The van der Waals surface area contributed by atoms with Crippen molar-refractivity contribution in [1.82, 2.24) is 19.8 Å². The number of carboxylic acids is 1. The van der Waals surface area contributed by atoms with Crippen LogP contribution >= 0.6 is 0 Å². The topological polar surface area (TPSA) is 119 Å². The number of aromatic nitrogens is 2. The van der Waals surface area contributed by atoms with Crippen molar-refractivity contribution in [2.24, 2.45) is 0 Å². The van der Waals surface area contributed by atoms with E-state index in [-0.39, 0.29) is 37.2 Å². The number of fused-ring (bicyclic) bond motifs is 2. The number of carboxylic acid groups (broad SMARTS) is 1. The number of likely N-dealkylation sites (tertiary alicyclic amines) is 1. The third-order valence-corrected chi connectivity index (χ3v) is 6.92. The van der Waals surface area contributed by atoms with Crippen LogP contribution in [0.2, 0.25) is 0 Å². The zero-order chi connectivity index (χ0) is 24.4. The lowest BCUT2D eigenvalue weighted by molar-refractivity contribution is -0.139. The number of hydrogen-bond acceptors (Lipinski definition) is 5. The Kier molecular flexibility index (Phi) is 6.39. The molecule has 3 aliphatic rings. The smallest absolute Gasteiger partial charge is 0.307 e. The molecule has 9 nitrogen and oxygen atoms in total. The van der Waals surface area contributed by atoms with E-state index in [1.165, 1.54) is 0 Å². The highest BCUT2D eigenvalue weighted by Crippen LogP contribution is 2.34. The van der Waals surface area contributed by atoms with Gasteiger partial charge in [0.25, 0.3) is 0 Å². The van der Waals surface area contributed by atoms with Gasteiger partial charge in [0.05, 0.1) is 17.5 Å². The fourth-order valence-electron chi connectivity index (χ4n) is 5.08. The molecule has 5 rings (SSSR count). The summed E-state index contributed by atoms with van der Waals surface area (Å²) in [5, 5.41) is 12.7. The molecule has 1 saturated heterocycles. The number of piperidine rings is 1. The summed E-state index contributed by atoms with van der Waals surface area (Å²) >= 11 is 0. The molecule has 1 aromatic carbocycles. The first-order valence-electron chi connectivity index (χ1n) is 12.1. The van der Waals surface area contributed by atoms with Crippen LogP contribution in [0.4, 0.5) is 5.95 Å². The predicted octanol–water partition coefficient (Wildman–Crippen LogP) is 3.20. The average Bonchev–Trinajstić information content (AvgIpc) is 3.22. The Morgan fingerprint density at radius 1 is 1.17 bits per heavy atom. The quantitative estimate of drug-likeness (QED) is 0.590. The average molecular weight is 476 g/mol. The molecular formula is C26H29N5O4. The van der Waals surface area contributed by atoms with E-state index in [9.17, 15) is 19.5 Å². The molecule has 1 fully saturated rings. The van der Waals surface area contributed by atoms with Crippen LogP contribution < -0.4 is 5.32 Å². The summed E-state index contributed by atoms with van der Waals surface area (Å²) in [6.07, 6.45) is 8.33. The first kappa shape index (κ1) is 22.9. The summed E-state index contributed by atoms with van der Waals surface area (Å²) in [4.78, 5) is 48.7. The molecule has 2 aliphatic heterocycles. The van der Waals surface area contributed by atoms with E-state index in [0.717, 1.165) is 41.0 Å². The highest BCUT2D eigenvalue weighted by atomic mass is 16.4. The van der Waals surface area contributed by atoms with Gasteiger partial charge < -0.3 is 25.2 Å². The molecule has 2 amide bonds. The second kappa shape index (κ2) is 9.77. The van der Waals surface area contributed by atoms with Gasteiger partial charge in [-0.15, -0.1) is 0 Å². The van der Waals surface area contributed by atoms with Gasteiger partial charge in [0.2, 0.25) is 17.8 Å². The molecular weight excluding hydrogens is 446 g/mol. The number of nitrogens with zero attached hydrogens (tertiary/aromatic N) is 3. The lowest BCUT2D eigenvalue weighted by Gasteiger charge is -2.34. The van der Waals surface area contributed by atoms with Crippen molar-refractivity contribution in [2.45, 2.75) is 44.6 Å². The number of aliphatic carboxylic acids is 1. The number of para-hydroxylation sites is 2. The van der Waals surface area contributed by atoms with Crippen LogP contribution in [0.5, 0.6) is 0 Å². The van der Waals surface area contributed by atoms with Gasteiger partial charge in [-0.05, 0) is 49.5 Å². The van der Waals surface area contributed by atoms with Crippen molar-refractivity contribution in [3.05, 3.63) is 59.3 Å². The van der Waals surface area contributed by atoms with E-state index < -0.39 is 5.97 Å². The molecule has 1 aromatic heterocycles. The van der Waals surface area contributed by atoms with Gasteiger partial charge in [0.1, 0.15) is 6.54 Å². The van der Waals surface area contributed by atoms with Crippen molar-refractivity contribution < 1.29 is 19.5 Å². The lowest BCUT2D eigenvalue weighted by atomic mass is 9.94. The van der Waals surface area contributed by atoms with Gasteiger partial charge in [-0.3, -0.25) is 14.4 Å². The largest absolute Gasteiger partial charge is 0.481 e. The molecule has 3 N–H and O–H groups in total. The van der Waals surface area contributed by atoms with Gasteiger partial charge in [-0.25, -0.2) is 4.98 Å². The molecule has 0 unspecified atom stereocenters. The van der Waals surface area contributed by atoms with Gasteiger partial charge in [-0.1, -0.05) is 29.9 Å². The number of hydrogen-bond donors (Lipinski definition) is 3. The molecule has 3 heterocycles. The maximum absolute atomic E-state index is 13.2. The van der Waals surface area contributed by atoms with E-state index >= 15 is 0 Å². The van der Waals surface area contributed by atoms with Crippen LogP contribution in [0.15, 0.2) is 59.3 Å². The summed E-state index contributed by atoms with van der Waals surface area (Å²) < 4.78 is 0. The lowest BCUT2D eigenvalue weighted by Crippen LogP contribution is -2.47.